The molecule has 1 aliphatic heterocycles. The summed E-state index contributed by atoms with van der Waals surface area (Å²) in [5.41, 5.74) is 3.07. The number of anilines is 2. The minimum absolute atomic E-state index is 0.0847. The number of hydrogen-bond acceptors (Lipinski definition) is 4. The third-order valence-corrected chi connectivity index (χ3v) is 4.90. The average Bonchev–Trinajstić information content (AvgIpc) is 2.78. The van der Waals surface area contributed by atoms with E-state index in [-0.39, 0.29) is 5.91 Å². The molecule has 3 aromatic rings. The molecule has 1 N–H and O–H groups in total. The molecule has 3 aromatic carbocycles. The molecule has 5 nitrogen and oxygen atoms in total. The summed E-state index contributed by atoms with van der Waals surface area (Å²) in [4.78, 5) is 15.1. The van der Waals surface area contributed by atoms with Gasteiger partial charge in [-0.15, -0.1) is 0 Å². The fourth-order valence-electron chi connectivity index (χ4n) is 3.50. The van der Waals surface area contributed by atoms with Crippen molar-refractivity contribution in [2.45, 2.75) is 6.17 Å². The lowest BCUT2D eigenvalue weighted by atomic mass is 10.1. The van der Waals surface area contributed by atoms with Crippen LogP contribution in [0.2, 0.25) is 0 Å². The Bertz CT molecular complexity index is 1060. The molecule has 0 aliphatic carbocycles. The Balaban J connectivity index is 1.79. The van der Waals surface area contributed by atoms with Crippen LogP contribution in [0.25, 0.3) is 6.08 Å². The van der Waals surface area contributed by atoms with Gasteiger partial charge >= 0.3 is 0 Å². The molecule has 0 saturated heterocycles. The molecule has 0 spiro atoms. The van der Waals surface area contributed by atoms with Gasteiger partial charge in [0.15, 0.2) is 0 Å². The normalized spacial score (nSPS) is 15.7. The van der Waals surface area contributed by atoms with Crippen LogP contribution in [0.15, 0.2) is 78.9 Å². The van der Waals surface area contributed by atoms with Gasteiger partial charge in [-0.3, -0.25) is 9.69 Å². The van der Waals surface area contributed by atoms with Crippen molar-refractivity contribution in [2.24, 2.45) is 0 Å². The lowest BCUT2D eigenvalue weighted by molar-refractivity contribution is 0.0979. The Morgan fingerprint density at radius 2 is 1.52 bits per heavy atom. The van der Waals surface area contributed by atoms with Gasteiger partial charge in [0.1, 0.15) is 17.7 Å². The zero-order valence-corrected chi connectivity index (χ0v) is 16.3. The number of methoxy groups -OCH3 is 2. The van der Waals surface area contributed by atoms with Crippen LogP contribution in [-0.4, -0.2) is 26.3 Å². The molecule has 4 rings (SSSR count). The molecule has 1 atom stereocenters. The lowest BCUT2D eigenvalue weighted by Gasteiger charge is -2.37. The first-order chi connectivity index (χ1) is 14.2. The quantitative estimate of drug-likeness (QED) is 0.683. The Morgan fingerprint density at radius 1 is 0.862 bits per heavy atom. The van der Waals surface area contributed by atoms with Crippen molar-refractivity contribution < 1.29 is 14.3 Å². The topological polar surface area (TPSA) is 50.8 Å². The Hall–Kier alpha value is -3.73. The van der Waals surface area contributed by atoms with E-state index < -0.39 is 6.17 Å². The summed E-state index contributed by atoms with van der Waals surface area (Å²) >= 11 is 0. The van der Waals surface area contributed by atoms with Gasteiger partial charge in [0.25, 0.3) is 5.91 Å². The monoisotopic (exact) mass is 386 g/mol. The van der Waals surface area contributed by atoms with Gasteiger partial charge in [-0.05, 0) is 36.4 Å². The summed E-state index contributed by atoms with van der Waals surface area (Å²) < 4.78 is 11.0. The molecule has 1 amide bonds. The number of fused-ring (bicyclic) bond motifs is 1. The zero-order chi connectivity index (χ0) is 20.2. The van der Waals surface area contributed by atoms with E-state index in [1.54, 1.807) is 19.1 Å². The number of carbonyl (C=O) groups excluding carboxylic acids is 1. The maximum absolute atomic E-state index is 13.4. The van der Waals surface area contributed by atoms with Crippen LogP contribution >= 0.6 is 0 Å². The van der Waals surface area contributed by atoms with Gasteiger partial charge in [0.05, 0.1) is 25.5 Å². The van der Waals surface area contributed by atoms with Crippen molar-refractivity contribution >= 4 is 23.4 Å². The van der Waals surface area contributed by atoms with E-state index in [0.717, 1.165) is 17.0 Å². The molecular weight excluding hydrogens is 364 g/mol. The zero-order valence-electron chi connectivity index (χ0n) is 16.3. The highest BCUT2D eigenvalue weighted by molar-refractivity contribution is 6.13. The molecule has 0 bridgehead atoms. The molecule has 0 fully saturated rings. The molecule has 1 heterocycles. The van der Waals surface area contributed by atoms with E-state index in [0.29, 0.717) is 17.0 Å². The first-order valence-corrected chi connectivity index (χ1v) is 9.36. The van der Waals surface area contributed by atoms with E-state index in [4.69, 9.17) is 9.47 Å². The molecule has 0 saturated carbocycles. The molecule has 0 unspecified atom stereocenters. The van der Waals surface area contributed by atoms with Crippen molar-refractivity contribution in [2.75, 3.05) is 24.4 Å². The number of nitrogens with zero attached hydrogens (tertiary/aromatic N) is 1. The van der Waals surface area contributed by atoms with E-state index >= 15 is 0 Å². The maximum Gasteiger partial charge on any atom is 0.262 e. The van der Waals surface area contributed by atoms with Gasteiger partial charge in [0, 0.05) is 11.3 Å². The summed E-state index contributed by atoms with van der Waals surface area (Å²) in [6, 6.07) is 22.8. The SMILES string of the molecule is COc1ccccc1/C=C/[C@H]1Nc2ccccc2C(=O)N1c1ccccc1OC. The highest BCUT2D eigenvalue weighted by Gasteiger charge is 2.33. The van der Waals surface area contributed by atoms with Gasteiger partial charge < -0.3 is 14.8 Å². The Labute approximate surface area is 170 Å². The van der Waals surface area contributed by atoms with Crippen molar-refractivity contribution in [3.8, 4) is 11.5 Å². The van der Waals surface area contributed by atoms with Crippen LogP contribution in [0, 0.1) is 0 Å². The van der Waals surface area contributed by atoms with Gasteiger partial charge in [0.2, 0.25) is 0 Å². The van der Waals surface area contributed by atoms with Gasteiger partial charge in [-0.2, -0.15) is 0 Å². The second kappa shape index (κ2) is 8.10. The van der Waals surface area contributed by atoms with E-state index in [9.17, 15) is 4.79 Å². The second-order valence-corrected chi connectivity index (χ2v) is 6.58. The number of nitrogens with one attached hydrogen (secondary N) is 1. The molecule has 146 valence electrons. The molecule has 5 heteroatoms. The first kappa shape index (κ1) is 18.6. The van der Waals surface area contributed by atoms with Crippen molar-refractivity contribution in [3.63, 3.8) is 0 Å². The van der Waals surface area contributed by atoms with Crippen molar-refractivity contribution in [3.05, 3.63) is 90.0 Å². The van der Waals surface area contributed by atoms with Crippen LogP contribution in [0.4, 0.5) is 11.4 Å². The fraction of sp³-hybridized carbons (Fsp3) is 0.125. The Kier molecular flexibility index (Phi) is 5.20. The standard InChI is InChI=1S/C24H22N2O3/c1-28-21-13-7-3-9-17(21)15-16-23-25-19-11-5-4-10-18(19)24(27)26(23)20-12-6-8-14-22(20)29-2/h3-16,23,25H,1-2H3/b16-15+/t23-/m0/s1. The first-order valence-electron chi connectivity index (χ1n) is 9.36. The van der Waals surface area contributed by atoms with Crippen LogP contribution < -0.4 is 19.7 Å². The van der Waals surface area contributed by atoms with Crippen LogP contribution in [0.1, 0.15) is 15.9 Å². The highest BCUT2D eigenvalue weighted by Crippen LogP contribution is 2.35. The highest BCUT2D eigenvalue weighted by atomic mass is 16.5. The van der Waals surface area contributed by atoms with Crippen LogP contribution in [-0.2, 0) is 0 Å². The fourth-order valence-corrected chi connectivity index (χ4v) is 3.50. The smallest absolute Gasteiger partial charge is 0.262 e. The van der Waals surface area contributed by atoms with Gasteiger partial charge in [-0.1, -0.05) is 48.5 Å². The number of hydrogen-bond donors (Lipinski definition) is 1. The summed E-state index contributed by atoms with van der Waals surface area (Å²) in [6.07, 6.45) is 3.52. The summed E-state index contributed by atoms with van der Waals surface area (Å²) in [7, 11) is 3.25. The Morgan fingerprint density at radius 3 is 2.31 bits per heavy atom. The van der Waals surface area contributed by atoms with E-state index in [1.165, 1.54) is 0 Å². The predicted molar refractivity (Wildman–Crippen MR) is 116 cm³/mol. The summed E-state index contributed by atoms with van der Waals surface area (Å²) in [5.74, 6) is 1.33. The summed E-state index contributed by atoms with van der Waals surface area (Å²) in [5, 5.41) is 3.46. The molecule has 1 aliphatic rings. The van der Waals surface area contributed by atoms with Crippen molar-refractivity contribution in [1.29, 1.82) is 0 Å². The van der Waals surface area contributed by atoms with Gasteiger partial charge in [-0.25, -0.2) is 0 Å². The van der Waals surface area contributed by atoms with E-state index in [2.05, 4.69) is 5.32 Å². The number of carbonyl (C=O) groups is 1. The number of rotatable bonds is 5. The second-order valence-electron chi connectivity index (χ2n) is 6.58. The molecule has 0 radical (unpaired) electrons. The number of amides is 1. The largest absolute Gasteiger partial charge is 0.496 e. The molecular formula is C24H22N2O3. The van der Waals surface area contributed by atoms with Crippen molar-refractivity contribution in [1.82, 2.24) is 0 Å². The predicted octanol–water partition coefficient (Wildman–Crippen LogP) is 4.82. The third-order valence-electron chi connectivity index (χ3n) is 4.90. The number of benzene rings is 3. The van der Waals surface area contributed by atoms with Crippen LogP contribution in [0.3, 0.4) is 0 Å². The third kappa shape index (κ3) is 3.55. The van der Waals surface area contributed by atoms with Crippen LogP contribution in [0.5, 0.6) is 11.5 Å². The summed E-state index contributed by atoms with van der Waals surface area (Å²) in [6.45, 7) is 0. The average molecular weight is 386 g/mol. The minimum atomic E-state index is -0.390. The number of para-hydroxylation sites is 4. The van der Waals surface area contributed by atoms with E-state index in [1.807, 2.05) is 84.9 Å². The maximum atomic E-state index is 13.4. The minimum Gasteiger partial charge on any atom is -0.496 e. The molecule has 0 aromatic heterocycles. The lowest BCUT2D eigenvalue weighted by Crippen LogP contribution is -2.48. The number of ether oxygens (including phenoxy) is 2. The molecule has 29 heavy (non-hydrogen) atoms.